The van der Waals surface area contributed by atoms with Crippen LogP contribution in [0.2, 0.25) is 0 Å². The van der Waals surface area contributed by atoms with E-state index in [0.29, 0.717) is 4.77 Å². The molecule has 2 aliphatic heterocycles. The number of aromatic amines is 1. The summed E-state index contributed by atoms with van der Waals surface area (Å²) >= 11 is 5.31. The first kappa shape index (κ1) is 17.4. The lowest BCUT2D eigenvalue weighted by Gasteiger charge is -2.22. The second-order valence-corrected chi connectivity index (χ2v) is 7.32. The van der Waals surface area contributed by atoms with Crippen molar-refractivity contribution in [3.63, 3.8) is 0 Å². The van der Waals surface area contributed by atoms with Crippen LogP contribution in [-0.2, 0) is 4.74 Å². The Hall–Kier alpha value is -1.99. The minimum Gasteiger partial charge on any atom is -0.372 e. The van der Waals surface area contributed by atoms with Gasteiger partial charge in [0.2, 0.25) is 4.77 Å². The Labute approximate surface area is 158 Å². The van der Waals surface area contributed by atoms with Crippen molar-refractivity contribution in [2.75, 3.05) is 24.6 Å². The zero-order valence-corrected chi connectivity index (χ0v) is 15.7. The van der Waals surface area contributed by atoms with E-state index in [1.807, 2.05) is 6.21 Å². The number of benzene rings is 1. The minimum absolute atomic E-state index is 0.0227. The van der Waals surface area contributed by atoms with Crippen molar-refractivity contribution in [1.82, 2.24) is 14.9 Å². The first-order chi connectivity index (χ1) is 12.8. The van der Waals surface area contributed by atoms with Crippen molar-refractivity contribution in [2.24, 2.45) is 5.10 Å². The van der Waals surface area contributed by atoms with Crippen LogP contribution in [0.15, 0.2) is 29.4 Å². The number of nitrogens with zero attached hydrogens (tertiary/aromatic N) is 4. The quantitative estimate of drug-likeness (QED) is 0.650. The summed E-state index contributed by atoms with van der Waals surface area (Å²) in [6.07, 6.45) is 9.08. The van der Waals surface area contributed by atoms with Gasteiger partial charge >= 0.3 is 0 Å². The Morgan fingerprint density at radius 2 is 1.88 bits per heavy atom. The van der Waals surface area contributed by atoms with Gasteiger partial charge in [0, 0.05) is 25.4 Å². The molecule has 0 unspecified atom stereocenters. The zero-order chi connectivity index (χ0) is 17.8. The van der Waals surface area contributed by atoms with Gasteiger partial charge in [-0.3, -0.25) is 5.10 Å². The molecular formula is C19H25N5OS. The number of H-pyrrole nitrogens is 1. The van der Waals surface area contributed by atoms with Crippen LogP contribution in [0.5, 0.6) is 0 Å². The van der Waals surface area contributed by atoms with E-state index >= 15 is 0 Å². The van der Waals surface area contributed by atoms with Crippen molar-refractivity contribution in [3.05, 3.63) is 40.4 Å². The van der Waals surface area contributed by atoms with Crippen molar-refractivity contribution in [3.8, 4) is 0 Å². The van der Waals surface area contributed by atoms with Crippen molar-refractivity contribution >= 4 is 24.1 Å². The number of hydrogen-bond donors (Lipinski definition) is 1. The third-order valence-corrected chi connectivity index (χ3v) is 5.34. The maximum Gasteiger partial charge on any atom is 0.216 e. The molecule has 0 aliphatic carbocycles. The van der Waals surface area contributed by atoms with Crippen LogP contribution in [0.3, 0.4) is 0 Å². The molecule has 1 atom stereocenters. The maximum atomic E-state index is 5.71. The lowest BCUT2D eigenvalue weighted by molar-refractivity contribution is 0.102. The molecule has 6 nitrogen and oxygen atoms in total. The molecule has 0 radical (unpaired) electrons. The topological polar surface area (TPSA) is 58.4 Å². The molecule has 4 rings (SSSR count). The van der Waals surface area contributed by atoms with Crippen LogP contribution in [0.4, 0.5) is 5.69 Å². The van der Waals surface area contributed by atoms with Crippen LogP contribution < -0.4 is 4.90 Å². The van der Waals surface area contributed by atoms with Gasteiger partial charge in [0.15, 0.2) is 5.82 Å². The number of hydrogen-bond acceptors (Lipinski definition) is 5. The van der Waals surface area contributed by atoms with E-state index in [0.717, 1.165) is 43.9 Å². The number of aromatic nitrogens is 3. The highest BCUT2D eigenvalue weighted by Crippen LogP contribution is 2.27. The molecule has 0 bridgehead atoms. The van der Waals surface area contributed by atoms with Gasteiger partial charge in [-0.1, -0.05) is 25.0 Å². The Morgan fingerprint density at radius 3 is 2.58 bits per heavy atom. The van der Waals surface area contributed by atoms with Crippen LogP contribution in [0, 0.1) is 4.77 Å². The summed E-state index contributed by atoms with van der Waals surface area (Å²) in [7, 11) is 0. The van der Waals surface area contributed by atoms with Crippen molar-refractivity contribution < 1.29 is 4.74 Å². The standard InChI is InChI=1S/C19H25N5OS/c26-19-22-21-18(17-6-5-13-25-17)24(19)20-14-15-7-9-16(10-8-15)23-11-3-1-2-4-12-23/h7-10,14,17H,1-6,11-13H2,(H,22,26)/b20-14-/t17-/m0/s1. The molecule has 0 saturated carbocycles. The Kier molecular flexibility index (Phi) is 5.45. The predicted octanol–water partition coefficient (Wildman–Crippen LogP) is 4.05. The normalized spacial score (nSPS) is 21.4. The predicted molar refractivity (Wildman–Crippen MR) is 105 cm³/mol. The third kappa shape index (κ3) is 3.88. The van der Waals surface area contributed by atoms with Gasteiger partial charge in [-0.05, 0) is 55.6 Å². The van der Waals surface area contributed by atoms with Crippen molar-refractivity contribution in [1.29, 1.82) is 0 Å². The van der Waals surface area contributed by atoms with Crippen LogP contribution in [0.1, 0.15) is 56.0 Å². The highest BCUT2D eigenvalue weighted by Gasteiger charge is 2.23. The van der Waals surface area contributed by atoms with Gasteiger partial charge in [0.25, 0.3) is 0 Å². The van der Waals surface area contributed by atoms with Gasteiger partial charge in [-0.15, -0.1) is 0 Å². The fourth-order valence-electron chi connectivity index (χ4n) is 3.63. The van der Waals surface area contributed by atoms with Gasteiger partial charge in [0.1, 0.15) is 6.10 Å². The molecule has 2 fully saturated rings. The number of ether oxygens (including phenoxy) is 1. The fourth-order valence-corrected chi connectivity index (χ4v) is 3.82. The van der Waals surface area contributed by atoms with E-state index in [1.54, 1.807) is 4.68 Å². The first-order valence-electron chi connectivity index (χ1n) is 9.49. The molecule has 7 heteroatoms. The monoisotopic (exact) mass is 371 g/mol. The molecule has 26 heavy (non-hydrogen) atoms. The van der Waals surface area contributed by atoms with Gasteiger partial charge < -0.3 is 9.64 Å². The minimum atomic E-state index is -0.0227. The molecule has 2 aromatic rings. The van der Waals surface area contributed by atoms with E-state index in [2.05, 4.69) is 44.5 Å². The molecule has 0 amide bonds. The molecule has 1 aromatic heterocycles. The van der Waals surface area contributed by atoms with Gasteiger partial charge in [-0.2, -0.15) is 14.9 Å². The number of nitrogens with one attached hydrogen (secondary N) is 1. The Balaban J connectivity index is 1.49. The Morgan fingerprint density at radius 1 is 1.12 bits per heavy atom. The zero-order valence-electron chi connectivity index (χ0n) is 14.9. The summed E-state index contributed by atoms with van der Waals surface area (Å²) in [6.45, 7) is 3.08. The van der Waals surface area contributed by atoms with Gasteiger partial charge in [0.05, 0.1) is 6.21 Å². The summed E-state index contributed by atoms with van der Waals surface area (Å²) in [6, 6.07) is 8.59. The van der Waals surface area contributed by atoms with E-state index in [1.165, 1.54) is 31.4 Å². The average molecular weight is 372 g/mol. The molecular weight excluding hydrogens is 346 g/mol. The number of anilines is 1. The maximum absolute atomic E-state index is 5.71. The summed E-state index contributed by atoms with van der Waals surface area (Å²) in [5.74, 6) is 0.755. The average Bonchev–Trinajstić information content (AvgIpc) is 3.23. The van der Waals surface area contributed by atoms with Crippen LogP contribution in [0.25, 0.3) is 0 Å². The summed E-state index contributed by atoms with van der Waals surface area (Å²) in [5.41, 5.74) is 2.34. The first-order valence-corrected chi connectivity index (χ1v) is 9.90. The largest absolute Gasteiger partial charge is 0.372 e. The van der Waals surface area contributed by atoms with Crippen molar-refractivity contribution in [2.45, 2.75) is 44.6 Å². The second kappa shape index (κ2) is 8.14. The van der Waals surface area contributed by atoms with Crippen LogP contribution in [-0.4, -0.2) is 40.8 Å². The second-order valence-electron chi connectivity index (χ2n) is 6.94. The molecule has 2 aliphatic rings. The highest BCUT2D eigenvalue weighted by molar-refractivity contribution is 7.71. The molecule has 3 heterocycles. The summed E-state index contributed by atoms with van der Waals surface area (Å²) in [5, 5.41) is 11.7. The fraction of sp³-hybridized carbons (Fsp3) is 0.526. The third-order valence-electron chi connectivity index (χ3n) is 5.08. The van der Waals surface area contributed by atoms with Gasteiger partial charge in [-0.25, -0.2) is 0 Å². The van der Waals surface area contributed by atoms with E-state index < -0.39 is 0 Å². The molecule has 0 spiro atoms. The molecule has 1 N–H and O–H groups in total. The van der Waals surface area contributed by atoms with E-state index in [9.17, 15) is 0 Å². The van der Waals surface area contributed by atoms with E-state index in [-0.39, 0.29) is 6.10 Å². The SMILES string of the molecule is S=c1[nH]nc([C@@H]2CCCO2)n1/N=C\c1ccc(N2CCCCCC2)cc1. The summed E-state index contributed by atoms with van der Waals surface area (Å²) in [4.78, 5) is 2.48. The Bertz CT molecular complexity index is 796. The lowest BCUT2D eigenvalue weighted by Crippen LogP contribution is -2.23. The smallest absolute Gasteiger partial charge is 0.216 e. The van der Waals surface area contributed by atoms with E-state index in [4.69, 9.17) is 17.0 Å². The molecule has 1 aromatic carbocycles. The summed E-state index contributed by atoms with van der Waals surface area (Å²) < 4.78 is 7.88. The number of rotatable bonds is 4. The highest BCUT2D eigenvalue weighted by atomic mass is 32.1. The lowest BCUT2D eigenvalue weighted by atomic mass is 10.2. The molecule has 138 valence electrons. The molecule has 2 saturated heterocycles. The van der Waals surface area contributed by atoms with Crippen LogP contribution >= 0.6 is 12.2 Å².